The van der Waals surface area contributed by atoms with E-state index in [9.17, 15) is 28.8 Å². The average Bonchev–Trinajstić information content (AvgIpc) is 2.77. The molecule has 4 amide bonds. The average molecular weight is 532 g/mol. The van der Waals surface area contributed by atoms with Gasteiger partial charge in [0, 0.05) is 13.1 Å². The van der Waals surface area contributed by atoms with Gasteiger partial charge in [0.1, 0.15) is 12.1 Å². The molecule has 0 saturated heterocycles. The van der Waals surface area contributed by atoms with E-state index in [0.717, 1.165) is 6.54 Å². The fourth-order valence-electron chi connectivity index (χ4n) is 3.02. The van der Waals surface area contributed by atoms with Crippen LogP contribution in [-0.4, -0.2) is 128 Å². The number of carbonyl (C=O) groups is 6. The van der Waals surface area contributed by atoms with Gasteiger partial charge in [-0.15, -0.1) is 0 Å². The van der Waals surface area contributed by atoms with Crippen molar-refractivity contribution < 1.29 is 39.0 Å². The topological polar surface area (TPSA) is 223 Å². The van der Waals surface area contributed by atoms with Crippen molar-refractivity contribution in [1.82, 2.24) is 31.1 Å². The van der Waals surface area contributed by atoms with Crippen molar-refractivity contribution >= 4 is 35.6 Å². The minimum atomic E-state index is -1.72. The summed E-state index contributed by atoms with van der Waals surface area (Å²) in [4.78, 5) is 75.6. The second-order valence-corrected chi connectivity index (χ2v) is 9.09. The minimum Gasteiger partial charge on any atom is -0.481 e. The van der Waals surface area contributed by atoms with E-state index in [4.69, 9.17) is 15.9 Å². The number of nitrogens with two attached hydrogens (primary N) is 1. The van der Waals surface area contributed by atoms with Gasteiger partial charge in [0.25, 0.3) is 0 Å². The Morgan fingerprint density at radius 2 is 1.24 bits per heavy atom. The summed E-state index contributed by atoms with van der Waals surface area (Å²) in [7, 11) is 7.49. The molecule has 0 aromatic heterocycles. The van der Waals surface area contributed by atoms with E-state index in [1.807, 2.05) is 43.3 Å². The fourth-order valence-corrected chi connectivity index (χ4v) is 3.02. The number of hydrogen-bond donors (Lipinski definition) is 7. The Kier molecular flexibility index (Phi) is 16.4. The summed E-state index contributed by atoms with van der Waals surface area (Å²) in [6.45, 7) is 2.06. The van der Waals surface area contributed by atoms with E-state index in [2.05, 4.69) is 16.0 Å². The maximum absolute atomic E-state index is 12.7. The molecule has 212 valence electrons. The molecule has 3 unspecified atom stereocenters. The van der Waals surface area contributed by atoms with Crippen LogP contribution in [0.2, 0.25) is 0 Å². The number of rotatable bonds is 19. The predicted octanol–water partition coefficient (Wildman–Crippen LogP) is -3.24. The molecule has 0 aromatic carbocycles. The molecule has 15 nitrogen and oxygen atoms in total. The zero-order chi connectivity index (χ0) is 28.5. The van der Waals surface area contributed by atoms with E-state index < -0.39 is 66.5 Å². The standard InChI is InChI=1S/C22H41N7O8/c1-28(2)9-5-7-24-17(30)11-14(23)20(34)27-15(21(35)25-8-6-10-29(3)4)12-18(31)26-16(22(36)37)13-19(32)33/h14-16H,5-13,23H2,1-4H3,(H,24,30)(H,25,35)(H,26,31)(H,27,34)(H,32,33)(H,36,37). The molecule has 3 atom stereocenters. The van der Waals surface area contributed by atoms with Crippen molar-refractivity contribution in [2.45, 2.75) is 50.2 Å². The molecule has 8 N–H and O–H groups in total. The molecule has 0 aliphatic rings. The van der Waals surface area contributed by atoms with Crippen LogP contribution >= 0.6 is 0 Å². The molecule has 37 heavy (non-hydrogen) atoms. The lowest BCUT2D eigenvalue weighted by Crippen LogP contribution is -2.54. The SMILES string of the molecule is CN(C)CCCNC(=O)CC(N)C(=O)NC(CC(=O)NC(CC(=O)O)C(=O)O)C(=O)NCCCN(C)C. The zero-order valence-electron chi connectivity index (χ0n) is 21.9. The number of carboxylic acids is 2. The second-order valence-electron chi connectivity index (χ2n) is 9.09. The van der Waals surface area contributed by atoms with Crippen LogP contribution in [-0.2, 0) is 28.8 Å². The third-order valence-corrected chi connectivity index (χ3v) is 4.96. The van der Waals surface area contributed by atoms with Gasteiger partial charge in [-0.3, -0.25) is 24.0 Å². The number of nitrogens with one attached hydrogen (secondary N) is 4. The normalized spacial score (nSPS) is 13.4. The summed E-state index contributed by atoms with van der Waals surface area (Å²) in [6, 6.07) is -4.46. The molecule has 0 aliphatic heterocycles. The summed E-state index contributed by atoms with van der Waals surface area (Å²) >= 11 is 0. The third kappa shape index (κ3) is 16.9. The van der Waals surface area contributed by atoms with Crippen LogP contribution < -0.4 is 27.0 Å². The molecular weight excluding hydrogens is 490 g/mol. The van der Waals surface area contributed by atoms with Gasteiger partial charge in [0.2, 0.25) is 23.6 Å². The molecule has 0 aromatic rings. The number of hydrogen-bond acceptors (Lipinski definition) is 9. The van der Waals surface area contributed by atoms with Gasteiger partial charge in [-0.2, -0.15) is 0 Å². The highest BCUT2D eigenvalue weighted by Gasteiger charge is 2.29. The smallest absolute Gasteiger partial charge is 0.326 e. The molecule has 0 heterocycles. The molecule has 0 rings (SSSR count). The Morgan fingerprint density at radius 3 is 1.73 bits per heavy atom. The highest BCUT2D eigenvalue weighted by atomic mass is 16.4. The fraction of sp³-hybridized carbons (Fsp3) is 0.727. The summed E-state index contributed by atoms with van der Waals surface area (Å²) in [5.41, 5.74) is 5.82. The summed E-state index contributed by atoms with van der Waals surface area (Å²) in [5.74, 6) is -6.00. The third-order valence-electron chi connectivity index (χ3n) is 4.96. The monoisotopic (exact) mass is 531 g/mol. The number of amides is 4. The highest BCUT2D eigenvalue weighted by molar-refractivity contribution is 5.95. The van der Waals surface area contributed by atoms with Gasteiger partial charge < -0.3 is 47.0 Å². The van der Waals surface area contributed by atoms with Crippen LogP contribution in [0.4, 0.5) is 0 Å². The lowest BCUT2D eigenvalue weighted by molar-refractivity contribution is -0.147. The first-order chi connectivity index (χ1) is 17.2. The van der Waals surface area contributed by atoms with E-state index >= 15 is 0 Å². The van der Waals surface area contributed by atoms with Crippen molar-refractivity contribution in [1.29, 1.82) is 0 Å². The first-order valence-corrected chi connectivity index (χ1v) is 11.9. The van der Waals surface area contributed by atoms with Gasteiger partial charge in [0.05, 0.1) is 25.3 Å². The van der Waals surface area contributed by atoms with Crippen LogP contribution in [0.15, 0.2) is 0 Å². The molecule has 15 heteroatoms. The van der Waals surface area contributed by atoms with Crippen LogP contribution in [0.1, 0.15) is 32.1 Å². The Bertz CT molecular complexity index is 791. The molecule has 0 bridgehead atoms. The van der Waals surface area contributed by atoms with E-state index in [1.54, 1.807) is 0 Å². The lowest BCUT2D eigenvalue weighted by atomic mass is 10.1. The van der Waals surface area contributed by atoms with Crippen LogP contribution in [0.5, 0.6) is 0 Å². The van der Waals surface area contributed by atoms with E-state index in [-0.39, 0.29) is 13.0 Å². The Hall–Kier alpha value is -3.30. The van der Waals surface area contributed by atoms with Gasteiger partial charge in [-0.05, 0) is 54.1 Å². The van der Waals surface area contributed by atoms with Gasteiger partial charge in [-0.1, -0.05) is 0 Å². The Balaban J connectivity index is 5.15. The zero-order valence-corrected chi connectivity index (χ0v) is 21.9. The molecule has 0 saturated carbocycles. The van der Waals surface area contributed by atoms with E-state index in [0.29, 0.717) is 25.9 Å². The molecule has 0 radical (unpaired) electrons. The molecule has 0 aliphatic carbocycles. The predicted molar refractivity (Wildman–Crippen MR) is 133 cm³/mol. The van der Waals surface area contributed by atoms with Crippen molar-refractivity contribution in [2.75, 3.05) is 54.4 Å². The Morgan fingerprint density at radius 1 is 0.703 bits per heavy atom. The van der Waals surface area contributed by atoms with Crippen molar-refractivity contribution in [3.8, 4) is 0 Å². The first-order valence-electron chi connectivity index (χ1n) is 11.9. The van der Waals surface area contributed by atoms with Crippen molar-refractivity contribution in [3.05, 3.63) is 0 Å². The first kappa shape index (κ1) is 33.7. The molecular formula is C22H41N7O8. The molecule has 0 fully saturated rings. The van der Waals surface area contributed by atoms with Gasteiger partial charge >= 0.3 is 11.9 Å². The van der Waals surface area contributed by atoms with E-state index in [1.165, 1.54) is 0 Å². The summed E-state index contributed by atoms with van der Waals surface area (Å²) in [5, 5.41) is 27.5. The Labute approximate surface area is 216 Å². The van der Waals surface area contributed by atoms with Crippen LogP contribution in [0, 0.1) is 0 Å². The molecule has 0 spiro atoms. The number of aliphatic carboxylic acids is 2. The maximum atomic E-state index is 12.7. The second kappa shape index (κ2) is 18.0. The van der Waals surface area contributed by atoms with Crippen molar-refractivity contribution in [3.63, 3.8) is 0 Å². The van der Waals surface area contributed by atoms with Crippen molar-refractivity contribution in [2.24, 2.45) is 5.73 Å². The summed E-state index contributed by atoms with van der Waals surface area (Å²) in [6.07, 6.45) is -0.609. The number of carboxylic acid groups (broad SMARTS) is 2. The van der Waals surface area contributed by atoms with Crippen LogP contribution in [0.25, 0.3) is 0 Å². The van der Waals surface area contributed by atoms with Gasteiger partial charge in [-0.25, -0.2) is 4.79 Å². The number of nitrogens with zero attached hydrogens (tertiary/aromatic N) is 2. The van der Waals surface area contributed by atoms with Crippen LogP contribution in [0.3, 0.4) is 0 Å². The van der Waals surface area contributed by atoms with Gasteiger partial charge in [0.15, 0.2) is 0 Å². The lowest BCUT2D eigenvalue weighted by Gasteiger charge is -2.21. The highest BCUT2D eigenvalue weighted by Crippen LogP contribution is 2.00. The quantitative estimate of drug-likeness (QED) is 0.0820. The maximum Gasteiger partial charge on any atom is 0.326 e. The largest absolute Gasteiger partial charge is 0.481 e. The summed E-state index contributed by atoms with van der Waals surface area (Å²) < 4.78 is 0. The number of carbonyl (C=O) groups excluding carboxylic acids is 4. The minimum absolute atomic E-state index is 0.239.